The van der Waals surface area contributed by atoms with E-state index in [1.54, 1.807) is 23.1 Å². The van der Waals surface area contributed by atoms with Crippen molar-refractivity contribution in [3.05, 3.63) is 53.1 Å². The molecule has 0 aromatic heterocycles. The Bertz CT molecular complexity index is 860. The highest BCUT2D eigenvalue weighted by Gasteiger charge is 2.16. The average molecular weight is 398 g/mol. The summed E-state index contributed by atoms with van der Waals surface area (Å²) in [6.45, 7) is 9.81. The van der Waals surface area contributed by atoms with Gasteiger partial charge in [0.15, 0.2) is 0 Å². The Morgan fingerprint density at radius 1 is 1.10 bits per heavy atom. The van der Waals surface area contributed by atoms with Crippen LogP contribution in [-0.2, 0) is 17.6 Å². The zero-order valence-electron chi connectivity index (χ0n) is 17.7. The lowest BCUT2D eigenvalue weighted by Crippen LogP contribution is -2.30. The number of fused-ring (bicyclic) bond motifs is 1. The molecule has 3 rings (SSSR count). The van der Waals surface area contributed by atoms with Crippen molar-refractivity contribution < 1.29 is 14.3 Å². The fourth-order valence-corrected chi connectivity index (χ4v) is 3.22. The molecule has 1 aliphatic heterocycles. The van der Waals surface area contributed by atoms with Gasteiger partial charge in [0.1, 0.15) is 5.75 Å². The van der Waals surface area contributed by atoms with Crippen molar-refractivity contribution in [2.45, 2.75) is 40.5 Å². The van der Waals surface area contributed by atoms with Gasteiger partial charge in [0.05, 0.1) is 24.4 Å². The number of carbonyl (C=O) groups is 2. The summed E-state index contributed by atoms with van der Waals surface area (Å²) in [5, 5.41) is 2.83. The van der Waals surface area contributed by atoms with Crippen LogP contribution in [0.4, 0.5) is 11.4 Å². The second kappa shape index (κ2) is 10.5. The summed E-state index contributed by atoms with van der Waals surface area (Å²) in [5.41, 5.74) is 9.45. The molecular weight excluding hydrogens is 366 g/mol. The van der Waals surface area contributed by atoms with Crippen molar-refractivity contribution >= 4 is 23.2 Å². The number of hydrogen-bond donors (Lipinski definition) is 2. The van der Waals surface area contributed by atoms with Gasteiger partial charge in [0, 0.05) is 25.1 Å². The van der Waals surface area contributed by atoms with Gasteiger partial charge in [-0.3, -0.25) is 9.59 Å². The van der Waals surface area contributed by atoms with E-state index in [1.807, 2.05) is 45.9 Å². The molecule has 0 fully saturated rings. The predicted octanol–water partition coefficient (Wildman–Crippen LogP) is 3.89. The first-order chi connectivity index (χ1) is 14.0. The first-order valence-electron chi connectivity index (χ1n) is 10.2. The SMILES string of the molecule is CC.CCN(CC)C(=O)c1ccc(N)c(NC(=O)Cc2ccc3c(c2)CCO3)c1. The second-order valence-electron chi connectivity index (χ2n) is 6.54. The Labute approximate surface area is 173 Å². The van der Waals surface area contributed by atoms with Crippen LogP contribution in [0, 0.1) is 0 Å². The van der Waals surface area contributed by atoms with E-state index in [9.17, 15) is 9.59 Å². The van der Waals surface area contributed by atoms with Crippen LogP contribution in [0.1, 0.15) is 49.2 Å². The number of anilines is 2. The van der Waals surface area contributed by atoms with Gasteiger partial charge < -0.3 is 20.7 Å². The number of rotatable bonds is 6. The number of nitrogens with one attached hydrogen (secondary N) is 1. The van der Waals surface area contributed by atoms with E-state index < -0.39 is 0 Å². The van der Waals surface area contributed by atoms with Crippen LogP contribution < -0.4 is 15.8 Å². The number of nitrogens with two attached hydrogens (primary N) is 1. The van der Waals surface area contributed by atoms with Crippen molar-refractivity contribution in [1.29, 1.82) is 0 Å². The lowest BCUT2D eigenvalue weighted by Gasteiger charge is -2.19. The van der Waals surface area contributed by atoms with Gasteiger partial charge in [0.25, 0.3) is 5.91 Å². The molecule has 0 aliphatic carbocycles. The summed E-state index contributed by atoms with van der Waals surface area (Å²) < 4.78 is 5.49. The molecule has 0 bridgehead atoms. The molecule has 1 heterocycles. The van der Waals surface area contributed by atoms with E-state index >= 15 is 0 Å². The lowest BCUT2D eigenvalue weighted by atomic mass is 10.1. The Morgan fingerprint density at radius 2 is 1.83 bits per heavy atom. The van der Waals surface area contributed by atoms with Crippen LogP contribution >= 0.6 is 0 Å². The average Bonchev–Trinajstić information content (AvgIpc) is 3.20. The van der Waals surface area contributed by atoms with Crippen LogP contribution in [0.5, 0.6) is 5.75 Å². The number of ether oxygens (including phenoxy) is 1. The van der Waals surface area contributed by atoms with Crippen molar-refractivity contribution in [3.63, 3.8) is 0 Å². The van der Waals surface area contributed by atoms with Crippen molar-refractivity contribution in [2.24, 2.45) is 0 Å². The largest absolute Gasteiger partial charge is 0.493 e. The first kappa shape index (κ1) is 22.3. The molecule has 1 aliphatic rings. The summed E-state index contributed by atoms with van der Waals surface area (Å²) in [7, 11) is 0. The van der Waals surface area contributed by atoms with Gasteiger partial charge in [-0.25, -0.2) is 0 Å². The minimum atomic E-state index is -0.173. The third-order valence-corrected chi connectivity index (χ3v) is 4.74. The topological polar surface area (TPSA) is 84.7 Å². The van der Waals surface area contributed by atoms with Crippen molar-refractivity contribution in [3.8, 4) is 5.75 Å². The summed E-state index contributed by atoms with van der Waals surface area (Å²) in [6, 6.07) is 10.8. The van der Waals surface area contributed by atoms with Crippen molar-refractivity contribution in [1.82, 2.24) is 4.90 Å². The number of nitrogens with zero attached hydrogens (tertiary/aromatic N) is 1. The van der Waals surface area contributed by atoms with Gasteiger partial charge in [-0.2, -0.15) is 0 Å². The molecule has 0 spiro atoms. The summed E-state index contributed by atoms with van der Waals surface area (Å²) in [4.78, 5) is 26.7. The van der Waals surface area contributed by atoms with Crippen LogP contribution in [0.2, 0.25) is 0 Å². The summed E-state index contributed by atoms with van der Waals surface area (Å²) in [6.07, 6.45) is 1.11. The smallest absolute Gasteiger partial charge is 0.253 e. The zero-order chi connectivity index (χ0) is 21.4. The molecular formula is C23H31N3O3. The van der Waals surface area contributed by atoms with Gasteiger partial charge in [-0.15, -0.1) is 0 Å². The first-order valence-corrected chi connectivity index (χ1v) is 10.2. The predicted molar refractivity (Wildman–Crippen MR) is 117 cm³/mol. The molecule has 2 aromatic rings. The van der Waals surface area contributed by atoms with Crippen LogP contribution in [0.25, 0.3) is 0 Å². The van der Waals surface area contributed by atoms with E-state index in [2.05, 4.69) is 5.32 Å². The highest BCUT2D eigenvalue weighted by atomic mass is 16.5. The molecule has 2 amide bonds. The van der Waals surface area contributed by atoms with E-state index in [0.717, 1.165) is 23.3 Å². The third kappa shape index (κ3) is 5.50. The molecule has 3 N–H and O–H groups in total. The molecule has 0 saturated heterocycles. The second-order valence-corrected chi connectivity index (χ2v) is 6.54. The molecule has 0 saturated carbocycles. The maximum Gasteiger partial charge on any atom is 0.253 e. The van der Waals surface area contributed by atoms with E-state index in [1.165, 1.54) is 0 Å². The number of hydrogen-bond acceptors (Lipinski definition) is 4. The number of amides is 2. The van der Waals surface area contributed by atoms with Gasteiger partial charge >= 0.3 is 0 Å². The van der Waals surface area contributed by atoms with E-state index in [0.29, 0.717) is 36.6 Å². The molecule has 29 heavy (non-hydrogen) atoms. The molecule has 2 aromatic carbocycles. The molecule has 0 unspecified atom stereocenters. The minimum absolute atomic E-state index is 0.0749. The highest BCUT2D eigenvalue weighted by molar-refractivity contribution is 6.00. The van der Waals surface area contributed by atoms with Crippen LogP contribution in [0.3, 0.4) is 0 Å². The number of nitrogen functional groups attached to an aromatic ring is 1. The Morgan fingerprint density at radius 3 is 2.52 bits per heavy atom. The van der Waals surface area contributed by atoms with Gasteiger partial charge in [0.2, 0.25) is 5.91 Å². The Kier molecular flexibility index (Phi) is 8.07. The molecule has 6 nitrogen and oxygen atoms in total. The molecule has 0 atom stereocenters. The maximum atomic E-state index is 12.5. The van der Waals surface area contributed by atoms with E-state index in [4.69, 9.17) is 10.5 Å². The van der Waals surface area contributed by atoms with Crippen LogP contribution in [-0.4, -0.2) is 36.4 Å². The van der Waals surface area contributed by atoms with Gasteiger partial charge in [-0.05, 0) is 49.2 Å². The fraction of sp³-hybridized carbons (Fsp3) is 0.391. The Balaban J connectivity index is 0.00000145. The van der Waals surface area contributed by atoms with Crippen LogP contribution in [0.15, 0.2) is 36.4 Å². The standard InChI is InChI=1S/C21H25N3O3.C2H6/c1-3-24(4-2)21(26)16-6-7-17(22)18(13-16)23-20(25)12-14-5-8-19-15(11-14)9-10-27-19;1-2/h5-8,11,13H,3-4,9-10,12,22H2,1-2H3,(H,23,25);1-2H3. The van der Waals surface area contributed by atoms with Gasteiger partial charge in [-0.1, -0.05) is 26.0 Å². The summed E-state index contributed by atoms with van der Waals surface area (Å²) >= 11 is 0. The van der Waals surface area contributed by atoms with E-state index in [-0.39, 0.29) is 18.2 Å². The normalized spacial score (nSPS) is 11.6. The lowest BCUT2D eigenvalue weighted by molar-refractivity contribution is -0.115. The number of carbonyl (C=O) groups excluding carboxylic acids is 2. The molecule has 6 heteroatoms. The molecule has 156 valence electrons. The summed E-state index contributed by atoms with van der Waals surface area (Å²) in [5.74, 6) is 0.646. The fourth-order valence-electron chi connectivity index (χ4n) is 3.22. The monoisotopic (exact) mass is 397 g/mol. The minimum Gasteiger partial charge on any atom is -0.493 e. The van der Waals surface area contributed by atoms with Crippen molar-refractivity contribution in [2.75, 3.05) is 30.7 Å². The maximum absolute atomic E-state index is 12.5. The molecule has 0 radical (unpaired) electrons. The Hall–Kier alpha value is -3.02. The zero-order valence-corrected chi connectivity index (χ0v) is 17.7. The third-order valence-electron chi connectivity index (χ3n) is 4.74. The quantitative estimate of drug-likeness (QED) is 0.724. The highest BCUT2D eigenvalue weighted by Crippen LogP contribution is 2.26. The number of benzene rings is 2.